The standard InChI is InChI=1S/C5H11NOS2/c7-5-1-3-6(9-8)4-2-5/h5,7-8H,1-4H2. The minimum absolute atomic E-state index is 0.0678. The highest BCUT2D eigenvalue weighted by atomic mass is 33.1. The highest BCUT2D eigenvalue weighted by molar-refractivity contribution is 8.67. The first-order chi connectivity index (χ1) is 4.33. The van der Waals surface area contributed by atoms with E-state index in [1.807, 2.05) is 0 Å². The number of nitrogens with zero attached hydrogens (tertiary/aromatic N) is 1. The average molecular weight is 165 g/mol. The molecule has 0 radical (unpaired) electrons. The van der Waals surface area contributed by atoms with Crippen LogP contribution in [0.25, 0.3) is 0 Å². The summed E-state index contributed by atoms with van der Waals surface area (Å²) < 4.78 is 2.15. The Morgan fingerprint density at radius 1 is 1.44 bits per heavy atom. The first kappa shape index (κ1) is 7.72. The molecule has 1 aliphatic rings. The fourth-order valence-corrected chi connectivity index (χ4v) is 1.79. The summed E-state index contributed by atoms with van der Waals surface area (Å²) in [6, 6.07) is 0. The first-order valence-corrected chi connectivity index (χ1v) is 4.90. The molecule has 0 atom stereocenters. The molecule has 0 amide bonds. The smallest absolute Gasteiger partial charge is 0.0565 e. The molecule has 2 nitrogen and oxygen atoms in total. The van der Waals surface area contributed by atoms with Gasteiger partial charge in [-0.15, -0.1) is 0 Å². The van der Waals surface area contributed by atoms with Gasteiger partial charge in [0, 0.05) is 13.1 Å². The van der Waals surface area contributed by atoms with Gasteiger partial charge in [-0.05, 0) is 23.8 Å². The lowest BCUT2D eigenvalue weighted by Crippen LogP contribution is -2.30. The molecule has 0 unspecified atom stereocenters. The summed E-state index contributed by atoms with van der Waals surface area (Å²) >= 11 is 4.05. The van der Waals surface area contributed by atoms with Crippen LogP contribution in [0.5, 0.6) is 0 Å². The third-order valence-corrected chi connectivity index (χ3v) is 2.83. The van der Waals surface area contributed by atoms with E-state index in [0.717, 1.165) is 25.9 Å². The number of hydrogen-bond donors (Lipinski definition) is 2. The maximum absolute atomic E-state index is 9.06. The van der Waals surface area contributed by atoms with E-state index in [1.165, 1.54) is 11.0 Å². The van der Waals surface area contributed by atoms with E-state index in [0.29, 0.717) is 0 Å². The molecule has 1 N–H and O–H groups in total. The molecule has 1 heterocycles. The molecule has 0 aromatic carbocycles. The zero-order valence-corrected chi connectivity index (χ0v) is 6.87. The van der Waals surface area contributed by atoms with Crippen molar-refractivity contribution in [3.05, 3.63) is 0 Å². The van der Waals surface area contributed by atoms with Gasteiger partial charge in [0.1, 0.15) is 0 Å². The van der Waals surface area contributed by atoms with Crippen LogP contribution in [-0.4, -0.2) is 28.6 Å². The first-order valence-electron chi connectivity index (χ1n) is 3.07. The zero-order chi connectivity index (χ0) is 6.69. The highest BCUT2D eigenvalue weighted by Crippen LogP contribution is 2.20. The molecule has 1 saturated heterocycles. The van der Waals surface area contributed by atoms with E-state index in [-0.39, 0.29) is 6.10 Å². The summed E-state index contributed by atoms with van der Waals surface area (Å²) in [5.41, 5.74) is 0. The van der Waals surface area contributed by atoms with Gasteiger partial charge in [-0.25, -0.2) is 4.31 Å². The van der Waals surface area contributed by atoms with Crippen LogP contribution in [0.2, 0.25) is 0 Å². The predicted octanol–water partition coefficient (Wildman–Crippen LogP) is 0.936. The molecule has 0 aromatic rings. The zero-order valence-electron chi connectivity index (χ0n) is 5.16. The monoisotopic (exact) mass is 165 g/mol. The molecule has 0 bridgehead atoms. The maximum atomic E-state index is 9.06. The van der Waals surface area contributed by atoms with Gasteiger partial charge in [-0.2, -0.15) is 0 Å². The highest BCUT2D eigenvalue weighted by Gasteiger charge is 2.15. The van der Waals surface area contributed by atoms with Crippen LogP contribution >= 0.6 is 22.6 Å². The molecule has 0 aromatic heterocycles. The Labute approximate surface area is 64.6 Å². The normalized spacial score (nSPS) is 24.7. The molecule has 4 heteroatoms. The van der Waals surface area contributed by atoms with Crippen molar-refractivity contribution >= 4 is 22.6 Å². The number of aliphatic hydroxyl groups excluding tert-OH is 1. The molecule has 1 aliphatic heterocycles. The second-order valence-electron chi connectivity index (χ2n) is 2.24. The Morgan fingerprint density at radius 3 is 2.44 bits per heavy atom. The van der Waals surface area contributed by atoms with Gasteiger partial charge in [0.25, 0.3) is 0 Å². The Hall–Kier alpha value is 0.620. The summed E-state index contributed by atoms with van der Waals surface area (Å²) in [7, 11) is 1.46. The predicted molar refractivity (Wildman–Crippen MR) is 43.4 cm³/mol. The van der Waals surface area contributed by atoms with Gasteiger partial charge < -0.3 is 5.11 Å². The van der Waals surface area contributed by atoms with Gasteiger partial charge in [-0.3, -0.25) is 0 Å². The number of piperidine rings is 1. The van der Waals surface area contributed by atoms with Crippen LogP contribution < -0.4 is 0 Å². The minimum atomic E-state index is -0.0678. The van der Waals surface area contributed by atoms with Crippen molar-refractivity contribution in [2.24, 2.45) is 0 Å². The molecule has 1 fully saturated rings. The minimum Gasteiger partial charge on any atom is -0.393 e. The summed E-state index contributed by atoms with van der Waals surface area (Å²) in [4.78, 5) is 0. The molecule has 0 aliphatic carbocycles. The van der Waals surface area contributed by atoms with Crippen molar-refractivity contribution in [1.82, 2.24) is 4.31 Å². The summed E-state index contributed by atoms with van der Waals surface area (Å²) in [6.07, 6.45) is 1.72. The van der Waals surface area contributed by atoms with Crippen LogP contribution in [0, 0.1) is 0 Å². The lowest BCUT2D eigenvalue weighted by atomic mass is 10.1. The van der Waals surface area contributed by atoms with Crippen LogP contribution in [-0.2, 0) is 0 Å². The van der Waals surface area contributed by atoms with Crippen LogP contribution in [0.15, 0.2) is 0 Å². The molecule has 54 valence electrons. The lowest BCUT2D eigenvalue weighted by Gasteiger charge is -2.26. The van der Waals surface area contributed by atoms with Crippen molar-refractivity contribution in [2.75, 3.05) is 13.1 Å². The largest absolute Gasteiger partial charge is 0.393 e. The molecular weight excluding hydrogens is 154 g/mol. The summed E-state index contributed by atoms with van der Waals surface area (Å²) in [5.74, 6) is 0. The molecule has 9 heavy (non-hydrogen) atoms. The summed E-state index contributed by atoms with van der Waals surface area (Å²) in [5, 5.41) is 9.06. The van der Waals surface area contributed by atoms with E-state index in [9.17, 15) is 0 Å². The van der Waals surface area contributed by atoms with Crippen molar-refractivity contribution < 1.29 is 5.11 Å². The SMILES string of the molecule is OC1CCN(SS)CC1. The third-order valence-electron chi connectivity index (χ3n) is 1.54. The number of aliphatic hydroxyl groups is 1. The van der Waals surface area contributed by atoms with Crippen LogP contribution in [0.4, 0.5) is 0 Å². The average Bonchev–Trinajstić information content (AvgIpc) is 1.90. The Morgan fingerprint density at radius 2 is 2.00 bits per heavy atom. The molecule has 0 saturated carbocycles. The third kappa shape index (κ3) is 2.37. The van der Waals surface area contributed by atoms with E-state index < -0.39 is 0 Å². The van der Waals surface area contributed by atoms with Crippen LogP contribution in [0.3, 0.4) is 0 Å². The van der Waals surface area contributed by atoms with Crippen molar-refractivity contribution in [3.8, 4) is 0 Å². The maximum Gasteiger partial charge on any atom is 0.0565 e. The molecule has 0 spiro atoms. The molecule has 1 rings (SSSR count). The van der Waals surface area contributed by atoms with Crippen molar-refractivity contribution in [1.29, 1.82) is 0 Å². The van der Waals surface area contributed by atoms with Crippen molar-refractivity contribution in [2.45, 2.75) is 18.9 Å². The quantitative estimate of drug-likeness (QED) is 0.343. The number of rotatable bonds is 1. The van der Waals surface area contributed by atoms with E-state index in [4.69, 9.17) is 5.11 Å². The number of hydrogen-bond acceptors (Lipinski definition) is 4. The summed E-state index contributed by atoms with van der Waals surface area (Å²) in [6.45, 7) is 1.94. The second-order valence-corrected chi connectivity index (χ2v) is 3.41. The van der Waals surface area contributed by atoms with Gasteiger partial charge >= 0.3 is 0 Å². The van der Waals surface area contributed by atoms with E-state index in [2.05, 4.69) is 16.0 Å². The Bertz CT molecular complexity index is 83.0. The van der Waals surface area contributed by atoms with Gasteiger partial charge in [-0.1, -0.05) is 11.7 Å². The van der Waals surface area contributed by atoms with Gasteiger partial charge in [0.2, 0.25) is 0 Å². The Kier molecular flexibility index (Phi) is 3.18. The molecular formula is C5H11NOS2. The van der Waals surface area contributed by atoms with E-state index >= 15 is 0 Å². The topological polar surface area (TPSA) is 23.5 Å². The Balaban J connectivity index is 2.18. The van der Waals surface area contributed by atoms with Crippen LogP contribution in [0.1, 0.15) is 12.8 Å². The lowest BCUT2D eigenvalue weighted by molar-refractivity contribution is 0.116. The fraction of sp³-hybridized carbons (Fsp3) is 1.00. The van der Waals surface area contributed by atoms with Crippen molar-refractivity contribution in [3.63, 3.8) is 0 Å². The fourth-order valence-electron chi connectivity index (χ4n) is 0.924. The van der Waals surface area contributed by atoms with E-state index in [1.54, 1.807) is 0 Å². The van der Waals surface area contributed by atoms with Gasteiger partial charge in [0.05, 0.1) is 6.10 Å². The number of thiol groups is 1. The van der Waals surface area contributed by atoms with Gasteiger partial charge in [0.15, 0.2) is 0 Å². The second kappa shape index (κ2) is 3.71.